The van der Waals surface area contributed by atoms with E-state index in [1.807, 2.05) is 51.1 Å². The second-order valence-electron chi connectivity index (χ2n) is 7.60. The Bertz CT molecular complexity index is 954. The van der Waals surface area contributed by atoms with Gasteiger partial charge in [-0.1, -0.05) is 37.3 Å². The Kier molecular flexibility index (Phi) is 8.79. The van der Waals surface area contributed by atoms with Gasteiger partial charge < -0.3 is 5.32 Å². The Hall–Kier alpha value is -1.99. The lowest BCUT2D eigenvalue weighted by atomic mass is 10.1. The number of nitrogens with zero attached hydrogens (tertiary/aromatic N) is 1. The summed E-state index contributed by atoms with van der Waals surface area (Å²) in [6, 6.07) is 13.1. The number of hydrogen-bond acceptors (Lipinski definition) is 4. The summed E-state index contributed by atoms with van der Waals surface area (Å²) in [4.78, 5) is 12.9. The van der Waals surface area contributed by atoms with Crippen molar-refractivity contribution in [2.75, 3.05) is 22.9 Å². The van der Waals surface area contributed by atoms with Crippen LogP contribution >= 0.6 is 11.8 Å². The molecular weight excluding hydrogens is 416 g/mol. The largest absolute Gasteiger partial charge is 0.353 e. The van der Waals surface area contributed by atoms with Gasteiger partial charge in [0.25, 0.3) is 0 Å². The quantitative estimate of drug-likeness (QED) is 0.553. The predicted octanol–water partition coefficient (Wildman–Crippen LogP) is 4.21. The molecule has 0 radical (unpaired) electrons. The summed E-state index contributed by atoms with van der Waals surface area (Å²) in [6.07, 6.45) is 1.54. The first kappa shape index (κ1) is 24.3. The number of anilines is 1. The van der Waals surface area contributed by atoms with Gasteiger partial charge in [0.15, 0.2) is 0 Å². The van der Waals surface area contributed by atoms with E-state index in [1.165, 1.54) is 15.4 Å². The van der Waals surface area contributed by atoms with Gasteiger partial charge in [0.05, 0.1) is 11.9 Å². The van der Waals surface area contributed by atoms with Crippen molar-refractivity contribution in [3.8, 4) is 0 Å². The minimum Gasteiger partial charge on any atom is -0.353 e. The van der Waals surface area contributed by atoms with E-state index < -0.39 is 16.1 Å². The zero-order chi connectivity index (χ0) is 22.3. The van der Waals surface area contributed by atoms with Crippen LogP contribution in [-0.2, 0) is 20.6 Å². The van der Waals surface area contributed by atoms with Crippen LogP contribution in [-0.4, -0.2) is 38.9 Å². The van der Waals surface area contributed by atoms with Crippen LogP contribution in [0.2, 0.25) is 0 Å². The van der Waals surface area contributed by atoms with Gasteiger partial charge in [-0.3, -0.25) is 9.10 Å². The Balaban J connectivity index is 2.02. The van der Waals surface area contributed by atoms with Crippen LogP contribution in [0, 0.1) is 20.8 Å². The molecule has 30 heavy (non-hydrogen) atoms. The average molecular weight is 449 g/mol. The molecule has 1 amide bonds. The highest BCUT2D eigenvalue weighted by Crippen LogP contribution is 2.25. The van der Waals surface area contributed by atoms with Gasteiger partial charge in [0.2, 0.25) is 15.9 Å². The molecule has 0 unspecified atom stereocenters. The van der Waals surface area contributed by atoms with Crippen molar-refractivity contribution in [3.05, 3.63) is 64.7 Å². The second kappa shape index (κ2) is 10.9. The molecule has 0 aliphatic heterocycles. The molecule has 164 valence electrons. The molecule has 0 aliphatic carbocycles. The number of aryl methyl sites for hydroxylation is 3. The first-order valence-electron chi connectivity index (χ1n) is 10.1. The molecule has 0 aliphatic rings. The van der Waals surface area contributed by atoms with Crippen LogP contribution in [0.5, 0.6) is 0 Å². The number of carbonyl (C=O) groups excluding carboxylic acids is 1. The number of carbonyl (C=O) groups is 1. The molecule has 0 saturated heterocycles. The fourth-order valence-corrected chi connectivity index (χ4v) is 5.59. The van der Waals surface area contributed by atoms with E-state index in [2.05, 4.69) is 24.4 Å². The molecule has 0 fully saturated rings. The fraction of sp³-hybridized carbons (Fsp3) is 0.435. The Morgan fingerprint density at radius 3 is 2.30 bits per heavy atom. The normalized spacial score (nSPS) is 12.4. The Morgan fingerprint density at radius 2 is 1.73 bits per heavy atom. The van der Waals surface area contributed by atoms with Crippen LogP contribution in [0.4, 0.5) is 5.69 Å². The summed E-state index contributed by atoms with van der Waals surface area (Å²) in [6.45, 7) is 8.26. The first-order chi connectivity index (χ1) is 14.1. The topological polar surface area (TPSA) is 66.5 Å². The summed E-state index contributed by atoms with van der Waals surface area (Å²) >= 11 is 1.75. The van der Waals surface area contributed by atoms with Crippen LogP contribution in [0.25, 0.3) is 0 Å². The molecule has 2 aromatic rings. The van der Waals surface area contributed by atoms with Crippen molar-refractivity contribution in [1.29, 1.82) is 0 Å². The standard InChI is InChI=1S/C23H32N2O3S2/c1-6-22(25(30(5,27)28)21-14-17(2)13-18(3)15-21)23(26)24-11-12-29-16-20-10-8-7-9-19(20)4/h7-10,13-15,22H,6,11-12,16H2,1-5H3,(H,24,26)/t22-/m1/s1. The third kappa shape index (κ3) is 6.77. The molecule has 0 bridgehead atoms. The number of amides is 1. The van der Waals surface area contributed by atoms with Gasteiger partial charge in [0.1, 0.15) is 6.04 Å². The maximum Gasteiger partial charge on any atom is 0.243 e. The number of rotatable bonds is 10. The minimum atomic E-state index is -3.62. The molecule has 0 heterocycles. The van der Waals surface area contributed by atoms with Crippen molar-refractivity contribution in [2.24, 2.45) is 0 Å². The Labute approximate surface area is 185 Å². The third-order valence-corrected chi connectivity index (χ3v) is 7.04. The van der Waals surface area contributed by atoms with E-state index in [4.69, 9.17) is 0 Å². The van der Waals surface area contributed by atoms with Crippen molar-refractivity contribution < 1.29 is 13.2 Å². The van der Waals surface area contributed by atoms with E-state index in [0.29, 0.717) is 18.7 Å². The minimum absolute atomic E-state index is 0.265. The van der Waals surface area contributed by atoms with Crippen molar-refractivity contribution in [1.82, 2.24) is 5.32 Å². The van der Waals surface area contributed by atoms with E-state index in [1.54, 1.807) is 11.8 Å². The number of sulfonamides is 1. The zero-order valence-electron chi connectivity index (χ0n) is 18.4. The van der Waals surface area contributed by atoms with Gasteiger partial charge in [-0.05, 0) is 61.6 Å². The summed E-state index contributed by atoms with van der Waals surface area (Å²) in [5.74, 6) is 1.38. The number of benzene rings is 2. The smallest absolute Gasteiger partial charge is 0.243 e. The van der Waals surface area contributed by atoms with Crippen molar-refractivity contribution in [2.45, 2.75) is 45.9 Å². The predicted molar refractivity (Wildman–Crippen MR) is 128 cm³/mol. The number of hydrogen-bond donors (Lipinski definition) is 1. The summed E-state index contributed by atoms with van der Waals surface area (Å²) in [5, 5.41) is 2.92. The lowest BCUT2D eigenvalue weighted by Crippen LogP contribution is -2.49. The van der Waals surface area contributed by atoms with E-state index in [-0.39, 0.29) is 5.91 Å². The van der Waals surface area contributed by atoms with Crippen molar-refractivity contribution in [3.63, 3.8) is 0 Å². The molecule has 2 aromatic carbocycles. The zero-order valence-corrected chi connectivity index (χ0v) is 20.1. The highest BCUT2D eigenvalue weighted by atomic mass is 32.2. The van der Waals surface area contributed by atoms with Gasteiger partial charge in [-0.2, -0.15) is 11.8 Å². The van der Waals surface area contributed by atoms with Crippen molar-refractivity contribution >= 4 is 33.4 Å². The second-order valence-corrected chi connectivity index (χ2v) is 10.6. The van der Waals surface area contributed by atoms with E-state index in [0.717, 1.165) is 28.9 Å². The van der Waals surface area contributed by atoms with Gasteiger partial charge in [-0.25, -0.2) is 8.42 Å². The van der Waals surface area contributed by atoms with Crippen LogP contribution in [0.1, 0.15) is 35.6 Å². The molecule has 2 rings (SSSR count). The number of thioether (sulfide) groups is 1. The summed E-state index contributed by atoms with van der Waals surface area (Å²) in [7, 11) is -3.62. The molecule has 1 atom stereocenters. The maximum atomic E-state index is 12.9. The lowest BCUT2D eigenvalue weighted by Gasteiger charge is -2.30. The van der Waals surface area contributed by atoms with Crippen LogP contribution < -0.4 is 9.62 Å². The van der Waals surface area contributed by atoms with Gasteiger partial charge in [0, 0.05) is 18.1 Å². The highest BCUT2D eigenvalue weighted by molar-refractivity contribution is 7.98. The average Bonchev–Trinajstić information content (AvgIpc) is 2.65. The van der Waals surface area contributed by atoms with Crippen LogP contribution in [0.3, 0.4) is 0 Å². The number of nitrogens with one attached hydrogen (secondary N) is 1. The highest BCUT2D eigenvalue weighted by Gasteiger charge is 2.31. The molecule has 0 saturated carbocycles. The molecular formula is C23H32N2O3S2. The molecule has 1 N–H and O–H groups in total. The summed E-state index contributed by atoms with van der Waals surface area (Å²) in [5.41, 5.74) is 5.00. The van der Waals surface area contributed by atoms with E-state index in [9.17, 15) is 13.2 Å². The SMILES string of the molecule is CC[C@H](C(=O)NCCSCc1ccccc1C)N(c1cc(C)cc(C)c1)S(C)(=O)=O. The summed E-state index contributed by atoms with van der Waals surface area (Å²) < 4.78 is 26.4. The van der Waals surface area contributed by atoms with Gasteiger partial charge >= 0.3 is 0 Å². The Morgan fingerprint density at radius 1 is 1.10 bits per heavy atom. The van der Waals surface area contributed by atoms with E-state index >= 15 is 0 Å². The fourth-order valence-electron chi connectivity index (χ4n) is 3.46. The molecule has 0 aromatic heterocycles. The maximum absolute atomic E-state index is 12.9. The van der Waals surface area contributed by atoms with Crippen LogP contribution in [0.15, 0.2) is 42.5 Å². The molecule has 0 spiro atoms. The third-order valence-electron chi connectivity index (χ3n) is 4.86. The monoisotopic (exact) mass is 448 g/mol. The first-order valence-corrected chi connectivity index (χ1v) is 13.1. The molecule has 5 nitrogen and oxygen atoms in total. The lowest BCUT2D eigenvalue weighted by molar-refractivity contribution is -0.122. The molecule has 7 heteroatoms. The van der Waals surface area contributed by atoms with Gasteiger partial charge in [-0.15, -0.1) is 0 Å².